The third-order valence-corrected chi connectivity index (χ3v) is 4.55. The van der Waals surface area contributed by atoms with Crippen LogP contribution in [0.5, 0.6) is 0 Å². The van der Waals surface area contributed by atoms with Gasteiger partial charge in [0.1, 0.15) is 0 Å². The molecule has 1 aliphatic rings. The Morgan fingerprint density at radius 2 is 2.14 bits per heavy atom. The summed E-state index contributed by atoms with van der Waals surface area (Å²) in [7, 11) is 0. The maximum Gasteiger partial charge on any atom is 0.0930 e. The summed E-state index contributed by atoms with van der Waals surface area (Å²) in [6.45, 7) is 0. The number of hydrogen-bond donors (Lipinski definition) is 0. The molecular weight excluding hydrogens is 214 g/mol. The molecule has 1 fully saturated rings. The molecule has 2 rings (SSSR count). The van der Waals surface area contributed by atoms with Crippen LogP contribution in [-0.2, 0) is 6.42 Å². The van der Waals surface area contributed by atoms with Crippen molar-refractivity contribution in [1.82, 2.24) is 4.98 Å². The first-order valence-electron chi connectivity index (χ1n) is 5.29. The Hall–Kier alpha value is -0.0800. The second-order valence-corrected chi connectivity index (χ2v) is 5.54. The average Bonchev–Trinajstić information content (AvgIpc) is 2.72. The Labute approximate surface area is 94.5 Å². The van der Waals surface area contributed by atoms with Crippen molar-refractivity contribution in [3.8, 4) is 0 Å². The summed E-state index contributed by atoms with van der Waals surface area (Å²) < 4.78 is 0. The predicted molar refractivity (Wildman–Crippen MR) is 62.1 cm³/mol. The molecule has 14 heavy (non-hydrogen) atoms. The van der Waals surface area contributed by atoms with E-state index < -0.39 is 0 Å². The minimum Gasteiger partial charge on any atom is -0.250 e. The van der Waals surface area contributed by atoms with E-state index in [1.165, 1.54) is 37.1 Å². The summed E-state index contributed by atoms with van der Waals surface area (Å²) in [5.41, 5.74) is 0.359. The molecule has 3 heteroatoms. The van der Waals surface area contributed by atoms with Gasteiger partial charge in [0.05, 0.1) is 5.01 Å². The van der Waals surface area contributed by atoms with Crippen LogP contribution in [0.15, 0.2) is 11.6 Å². The fourth-order valence-electron chi connectivity index (χ4n) is 2.32. The molecule has 0 bridgehead atoms. The molecule has 0 amide bonds. The highest BCUT2D eigenvalue weighted by atomic mass is 35.5. The lowest BCUT2D eigenvalue weighted by Gasteiger charge is -2.34. The zero-order valence-corrected chi connectivity index (χ0v) is 9.91. The average molecular weight is 230 g/mol. The standard InChI is InChI=1S/C11H16ClNS/c12-9-11(4-2-1-3-5-11)8-10-13-6-7-14-10/h6-7H,1-5,8-9H2. The lowest BCUT2D eigenvalue weighted by atomic mass is 9.73. The Morgan fingerprint density at radius 3 is 2.71 bits per heavy atom. The van der Waals surface area contributed by atoms with Crippen molar-refractivity contribution >= 4 is 22.9 Å². The van der Waals surface area contributed by atoms with E-state index in [2.05, 4.69) is 10.4 Å². The fourth-order valence-corrected chi connectivity index (χ4v) is 3.47. The largest absolute Gasteiger partial charge is 0.250 e. The van der Waals surface area contributed by atoms with E-state index in [1.807, 2.05) is 6.20 Å². The zero-order chi connectivity index (χ0) is 9.86. The molecule has 1 aromatic rings. The van der Waals surface area contributed by atoms with Gasteiger partial charge in [-0.15, -0.1) is 22.9 Å². The highest BCUT2D eigenvalue weighted by molar-refractivity contribution is 7.09. The van der Waals surface area contributed by atoms with Crippen molar-refractivity contribution in [1.29, 1.82) is 0 Å². The number of halogens is 1. The molecule has 1 aliphatic carbocycles. The van der Waals surface area contributed by atoms with Crippen LogP contribution >= 0.6 is 22.9 Å². The molecule has 0 aliphatic heterocycles. The zero-order valence-electron chi connectivity index (χ0n) is 8.34. The minimum absolute atomic E-state index is 0.359. The number of hydrogen-bond acceptors (Lipinski definition) is 2. The third kappa shape index (κ3) is 2.29. The van der Waals surface area contributed by atoms with Crippen LogP contribution in [0.25, 0.3) is 0 Å². The van der Waals surface area contributed by atoms with Crippen molar-refractivity contribution in [3.63, 3.8) is 0 Å². The smallest absolute Gasteiger partial charge is 0.0930 e. The SMILES string of the molecule is ClCC1(Cc2nccs2)CCCCC1. The molecule has 0 radical (unpaired) electrons. The van der Waals surface area contributed by atoms with Crippen LogP contribution in [0.1, 0.15) is 37.1 Å². The Morgan fingerprint density at radius 1 is 1.36 bits per heavy atom. The van der Waals surface area contributed by atoms with Gasteiger partial charge in [0.25, 0.3) is 0 Å². The molecular formula is C11H16ClNS. The van der Waals surface area contributed by atoms with Gasteiger partial charge in [0.2, 0.25) is 0 Å². The van der Waals surface area contributed by atoms with Crippen LogP contribution < -0.4 is 0 Å². The van der Waals surface area contributed by atoms with Crippen molar-refractivity contribution in [2.45, 2.75) is 38.5 Å². The summed E-state index contributed by atoms with van der Waals surface area (Å²) in [6, 6.07) is 0. The highest BCUT2D eigenvalue weighted by Gasteiger charge is 2.31. The lowest BCUT2D eigenvalue weighted by molar-refractivity contribution is 0.219. The van der Waals surface area contributed by atoms with Gasteiger partial charge in [-0.1, -0.05) is 19.3 Å². The van der Waals surface area contributed by atoms with Crippen molar-refractivity contribution in [2.75, 3.05) is 5.88 Å². The Bertz CT molecular complexity index is 265. The monoisotopic (exact) mass is 229 g/mol. The molecule has 0 atom stereocenters. The number of nitrogens with zero attached hydrogens (tertiary/aromatic N) is 1. The number of rotatable bonds is 3. The van der Waals surface area contributed by atoms with Gasteiger partial charge in [-0.3, -0.25) is 0 Å². The summed E-state index contributed by atoms with van der Waals surface area (Å²) in [6.07, 6.45) is 9.64. The fraction of sp³-hybridized carbons (Fsp3) is 0.727. The highest BCUT2D eigenvalue weighted by Crippen LogP contribution is 2.40. The summed E-state index contributed by atoms with van der Waals surface area (Å²) in [5.74, 6) is 0.798. The topological polar surface area (TPSA) is 12.9 Å². The summed E-state index contributed by atoms with van der Waals surface area (Å²) in [5, 5.41) is 3.31. The minimum atomic E-state index is 0.359. The van der Waals surface area contributed by atoms with Crippen LogP contribution in [0, 0.1) is 5.41 Å². The van der Waals surface area contributed by atoms with E-state index >= 15 is 0 Å². The van der Waals surface area contributed by atoms with E-state index in [0.29, 0.717) is 5.41 Å². The number of aromatic nitrogens is 1. The first-order valence-corrected chi connectivity index (χ1v) is 6.70. The second kappa shape index (κ2) is 4.63. The van der Waals surface area contributed by atoms with E-state index in [0.717, 1.165) is 12.3 Å². The maximum atomic E-state index is 6.13. The number of thiazole rings is 1. The summed E-state index contributed by atoms with van der Waals surface area (Å²) in [4.78, 5) is 4.36. The van der Waals surface area contributed by atoms with E-state index in [9.17, 15) is 0 Å². The van der Waals surface area contributed by atoms with Gasteiger partial charge in [-0.25, -0.2) is 4.98 Å². The van der Waals surface area contributed by atoms with Gasteiger partial charge in [0, 0.05) is 23.9 Å². The van der Waals surface area contributed by atoms with Crippen molar-refractivity contribution in [3.05, 3.63) is 16.6 Å². The van der Waals surface area contributed by atoms with Gasteiger partial charge in [0.15, 0.2) is 0 Å². The van der Waals surface area contributed by atoms with Gasteiger partial charge < -0.3 is 0 Å². The maximum absolute atomic E-state index is 6.13. The number of alkyl halides is 1. The first-order chi connectivity index (χ1) is 6.85. The first kappa shape index (κ1) is 10.4. The van der Waals surface area contributed by atoms with E-state index in [-0.39, 0.29) is 0 Å². The van der Waals surface area contributed by atoms with Gasteiger partial charge >= 0.3 is 0 Å². The van der Waals surface area contributed by atoms with Crippen molar-refractivity contribution < 1.29 is 0 Å². The molecule has 0 unspecified atom stereocenters. The van der Waals surface area contributed by atoms with Crippen LogP contribution in [-0.4, -0.2) is 10.9 Å². The molecule has 1 heterocycles. The molecule has 0 saturated heterocycles. The second-order valence-electron chi connectivity index (χ2n) is 4.30. The Kier molecular flexibility index (Phi) is 3.45. The molecule has 0 N–H and O–H groups in total. The molecule has 78 valence electrons. The van der Waals surface area contributed by atoms with E-state index in [4.69, 9.17) is 11.6 Å². The quantitative estimate of drug-likeness (QED) is 0.717. The molecule has 1 saturated carbocycles. The molecule has 1 aromatic heterocycles. The summed E-state index contributed by atoms with van der Waals surface area (Å²) >= 11 is 7.89. The van der Waals surface area contributed by atoms with Crippen LogP contribution in [0.3, 0.4) is 0 Å². The third-order valence-electron chi connectivity index (χ3n) is 3.21. The normalized spacial score (nSPS) is 20.9. The van der Waals surface area contributed by atoms with Crippen LogP contribution in [0.2, 0.25) is 0 Å². The Balaban J connectivity index is 2.04. The lowest BCUT2D eigenvalue weighted by Crippen LogP contribution is -2.28. The van der Waals surface area contributed by atoms with Crippen LogP contribution in [0.4, 0.5) is 0 Å². The predicted octanol–water partition coefficient (Wildman–Crippen LogP) is 3.87. The van der Waals surface area contributed by atoms with Gasteiger partial charge in [-0.05, 0) is 18.3 Å². The van der Waals surface area contributed by atoms with E-state index in [1.54, 1.807) is 11.3 Å². The van der Waals surface area contributed by atoms with Gasteiger partial charge in [-0.2, -0.15) is 0 Å². The molecule has 0 spiro atoms. The van der Waals surface area contributed by atoms with Crippen molar-refractivity contribution in [2.24, 2.45) is 5.41 Å². The molecule has 0 aromatic carbocycles. The molecule has 1 nitrogen and oxygen atoms in total.